The summed E-state index contributed by atoms with van der Waals surface area (Å²) in [5.74, 6) is 1.74. The van der Waals surface area contributed by atoms with Crippen LogP contribution in [0.5, 0.6) is 0 Å². The molecular formula is C31H35N9O2. The predicted molar refractivity (Wildman–Crippen MR) is 163 cm³/mol. The van der Waals surface area contributed by atoms with Crippen molar-refractivity contribution in [2.75, 3.05) is 17.3 Å². The minimum Gasteiger partial charge on any atom is -0.444 e. The van der Waals surface area contributed by atoms with Gasteiger partial charge in [0.05, 0.1) is 5.69 Å². The molecule has 11 heteroatoms. The van der Waals surface area contributed by atoms with E-state index < -0.39 is 11.7 Å². The van der Waals surface area contributed by atoms with Crippen LogP contribution >= 0.6 is 0 Å². The Labute approximate surface area is 245 Å². The van der Waals surface area contributed by atoms with Crippen molar-refractivity contribution in [1.82, 2.24) is 34.9 Å². The highest BCUT2D eigenvalue weighted by atomic mass is 16.6. The van der Waals surface area contributed by atoms with Crippen LogP contribution in [0.25, 0.3) is 16.9 Å². The Morgan fingerprint density at radius 3 is 2.57 bits per heavy atom. The molecule has 11 nitrogen and oxygen atoms in total. The first-order valence-electron chi connectivity index (χ1n) is 13.8. The number of amides is 1. The molecular weight excluding hydrogens is 530 g/mol. The summed E-state index contributed by atoms with van der Waals surface area (Å²) < 4.78 is 7.02. The molecule has 0 aliphatic rings. The van der Waals surface area contributed by atoms with Gasteiger partial charge in [-0.2, -0.15) is 14.6 Å². The van der Waals surface area contributed by atoms with Gasteiger partial charge < -0.3 is 15.4 Å². The molecule has 42 heavy (non-hydrogen) atoms. The van der Waals surface area contributed by atoms with Crippen LogP contribution in [0.4, 0.5) is 22.5 Å². The zero-order chi connectivity index (χ0) is 29.7. The highest BCUT2D eigenvalue weighted by Gasteiger charge is 2.18. The molecule has 5 aromatic rings. The molecule has 0 unspecified atom stereocenters. The fraction of sp³-hybridized carbons (Fsp3) is 0.290. The van der Waals surface area contributed by atoms with E-state index in [0.717, 1.165) is 28.8 Å². The van der Waals surface area contributed by atoms with E-state index in [0.29, 0.717) is 29.9 Å². The average molecular weight is 566 g/mol. The number of fused-ring (bicyclic) bond motifs is 1. The van der Waals surface area contributed by atoms with Crippen LogP contribution in [0.15, 0.2) is 79.3 Å². The van der Waals surface area contributed by atoms with Crippen molar-refractivity contribution in [1.29, 1.82) is 0 Å². The van der Waals surface area contributed by atoms with Crippen molar-refractivity contribution in [3.05, 3.63) is 90.4 Å². The van der Waals surface area contributed by atoms with Gasteiger partial charge in [-0.15, -0.1) is 0 Å². The first kappa shape index (κ1) is 28.5. The summed E-state index contributed by atoms with van der Waals surface area (Å²) in [7, 11) is 1.89. The number of rotatable bonds is 9. The van der Waals surface area contributed by atoms with E-state index in [1.807, 2.05) is 87.3 Å². The summed E-state index contributed by atoms with van der Waals surface area (Å²) in [6.45, 7) is 7.99. The Balaban J connectivity index is 1.27. The van der Waals surface area contributed by atoms with E-state index >= 15 is 0 Å². The summed E-state index contributed by atoms with van der Waals surface area (Å²) in [6.07, 6.45) is 3.54. The lowest BCUT2D eigenvalue weighted by molar-refractivity contribution is 0.0523. The van der Waals surface area contributed by atoms with Gasteiger partial charge in [0.2, 0.25) is 11.9 Å². The summed E-state index contributed by atoms with van der Waals surface area (Å²) in [6, 6.07) is 21.9. The molecule has 5 rings (SSSR count). The van der Waals surface area contributed by atoms with Crippen molar-refractivity contribution in [2.45, 2.75) is 52.3 Å². The first-order chi connectivity index (χ1) is 20.1. The van der Waals surface area contributed by atoms with Crippen LogP contribution in [-0.2, 0) is 17.7 Å². The maximum atomic E-state index is 12.0. The number of hydrogen-bond donors (Lipinski definition) is 2. The Morgan fingerprint density at radius 1 is 1.00 bits per heavy atom. The Bertz CT molecular complexity index is 1660. The third kappa shape index (κ3) is 7.17. The maximum Gasteiger partial charge on any atom is 0.407 e. The quantitative estimate of drug-likeness (QED) is 0.241. The van der Waals surface area contributed by atoms with Crippen LogP contribution < -0.4 is 15.5 Å². The van der Waals surface area contributed by atoms with Crippen molar-refractivity contribution in [2.24, 2.45) is 0 Å². The van der Waals surface area contributed by atoms with Crippen LogP contribution in [0, 0.1) is 0 Å². The lowest BCUT2D eigenvalue weighted by atomic mass is 10.0. The lowest BCUT2D eigenvalue weighted by Crippen LogP contribution is -2.32. The van der Waals surface area contributed by atoms with Crippen molar-refractivity contribution in [3.63, 3.8) is 0 Å². The fourth-order valence-electron chi connectivity index (χ4n) is 4.47. The van der Waals surface area contributed by atoms with Gasteiger partial charge in [0.25, 0.3) is 0 Å². The van der Waals surface area contributed by atoms with E-state index in [4.69, 9.17) is 14.7 Å². The van der Waals surface area contributed by atoms with Gasteiger partial charge in [0, 0.05) is 37.5 Å². The van der Waals surface area contributed by atoms with Crippen molar-refractivity contribution >= 4 is 29.5 Å². The largest absolute Gasteiger partial charge is 0.444 e. The molecule has 0 bridgehead atoms. The SMILES string of the molecule is C[C@H](Cc1cccc(CNC(=O)OC(C)(C)C)c1)Nc1nccc(N(C)c2nc(-c3ccccc3)cc3ncnn23)n1. The standard InChI is InChI=1S/C31H35N9O2/c1-21(16-22-10-9-11-23(17-22)19-33-30(41)42-31(2,3)4)36-28-32-15-14-26(38-28)39(5)29-37-25(24-12-7-6-8-13-24)18-27-34-20-35-40(27)29/h6-15,17-18,20-21H,16,19H2,1-5H3,(H,33,41)(H,32,36,38)/t21-/m1/s1. The normalized spacial score (nSPS) is 12.1. The minimum atomic E-state index is -0.535. The molecule has 1 amide bonds. The van der Waals surface area contributed by atoms with Crippen LogP contribution in [0.3, 0.4) is 0 Å². The third-order valence-corrected chi connectivity index (χ3v) is 6.35. The molecule has 2 N–H and O–H groups in total. The second kappa shape index (κ2) is 12.2. The maximum absolute atomic E-state index is 12.0. The summed E-state index contributed by atoms with van der Waals surface area (Å²) >= 11 is 0. The van der Waals surface area contributed by atoms with E-state index in [2.05, 4.69) is 44.8 Å². The van der Waals surface area contributed by atoms with Gasteiger partial charge in [0.15, 0.2) is 5.65 Å². The second-order valence-corrected chi connectivity index (χ2v) is 11.1. The van der Waals surface area contributed by atoms with Crippen molar-refractivity contribution < 1.29 is 9.53 Å². The Hall–Kier alpha value is -5.06. The van der Waals surface area contributed by atoms with Crippen LogP contribution in [0.1, 0.15) is 38.8 Å². The predicted octanol–water partition coefficient (Wildman–Crippen LogP) is 5.42. The van der Waals surface area contributed by atoms with Gasteiger partial charge >= 0.3 is 6.09 Å². The fourth-order valence-corrected chi connectivity index (χ4v) is 4.47. The molecule has 0 fully saturated rings. The number of carbonyl (C=O) groups excluding carboxylic acids is 1. The van der Waals surface area contributed by atoms with Gasteiger partial charge in [-0.05, 0) is 51.3 Å². The average Bonchev–Trinajstić information content (AvgIpc) is 3.44. The number of alkyl carbamates (subject to hydrolysis) is 1. The second-order valence-electron chi connectivity index (χ2n) is 11.1. The van der Waals surface area contributed by atoms with Gasteiger partial charge in [0.1, 0.15) is 17.7 Å². The molecule has 0 saturated carbocycles. The van der Waals surface area contributed by atoms with E-state index in [1.54, 1.807) is 10.7 Å². The molecule has 0 saturated heterocycles. The smallest absolute Gasteiger partial charge is 0.407 e. The zero-order valence-corrected chi connectivity index (χ0v) is 24.4. The van der Waals surface area contributed by atoms with Gasteiger partial charge in [-0.3, -0.25) is 4.90 Å². The number of nitrogens with zero attached hydrogens (tertiary/aromatic N) is 7. The van der Waals surface area contributed by atoms with E-state index in [1.165, 1.54) is 6.33 Å². The molecule has 0 aliphatic heterocycles. The number of nitrogens with one attached hydrogen (secondary N) is 2. The summed E-state index contributed by atoms with van der Waals surface area (Å²) in [5, 5.41) is 10.6. The Morgan fingerprint density at radius 2 is 1.79 bits per heavy atom. The number of benzene rings is 2. The number of anilines is 3. The van der Waals surface area contributed by atoms with Gasteiger partial charge in [-0.25, -0.2) is 19.7 Å². The zero-order valence-electron chi connectivity index (χ0n) is 24.4. The molecule has 3 heterocycles. The highest BCUT2D eigenvalue weighted by Crippen LogP contribution is 2.26. The third-order valence-electron chi connectivity index (χ3n) is 6.35. The molecule has 216 valence electrons. The van der Waals surface area contributed by atoms with E-state index in [9.17, 15) is 4.79 Å². The molecule has 3 aromatic heterocycles. The van der Waals surface area contributed by atoms with E-state index in [-0.39, 0.29) is 6.04 Å². The lowest BCUT2D eigenvalue weighted by Gasteiger charge is -2.20. The molecule has 0 spiro atoms. The van der Waals surface area contributed by atoms with Crippen molar-refractivity contribution in [3.8, 4) is 11.3 Å². The molecule has 0 aliphatic carbocycles. The summed E-state index contributed by atoms with van der Waals surface area (Å²) in [5.41, 5.74) is 4.06. The number of hydrogen-bond acceptors (Lipinski definition) is 9. The van der Waals surface area contributed by atoms with Crippen LogP contribution in [0.2, 0.25) is 0 Å². The van der Waals surface area contributed by atoms with Crippen LogP contribution in [-0.4, -0.2) is 54.3 Å². The number of ether oxygens (including phenoxy) is 1. The highest BCUT2D eigenvalue weighted by molar-refractivity contribution is 5.68. The number of aromatic nitrogens is 6. The Kier molecular flexibility index (Phi) is 8.28. The number of carbonyl (C=O) groups is 1. The molecule has 0 radical (unpaired) electrons. The summed E-state index contributed by atoms with van der Waals surface area (Å²) in [4.78, 5) is 32.4. The monoisotopic (exact) mass is 565 g/mol. The molecule has 1 atom stereocenters. The first-order valence-corrected chi connectivity index (χ1v) is 13.8. The minimum absolute atomic E-state index is 0.0428. The van der Waals surface area contributed by atoms with Gasteiger partial charge in [-0.1, -0.05) is 54.6 Å². The topological polar surface area (TPSA) is 122 Å². The molecule has 2 aromatic carbocycles.